The van der Waals surface area contributed by atoms with E-state index in [0.717, 1.165) is 29.6 Å². The third-order valence-electron chi connectivity index (χ3n) is 3.81. The number of benzene rings is 1. The molecule has 4 nitrogen and oxygen atoms in total. The molecule has 0 saturated carbocycles. The second-order valence-corrected chi connectivity index (χ2v) is 8.91. The lowest BCUT2D eigenvalue weighted by Gasteiger charge is -2.29. The van der Waals surface area contributed by atoms with E-state index in [0.29, 0.717) is 9.23 Å². The molecule has 2 unspecified atom stereocenters. The van der Waals surface area contributed by atoms with Crippen LogP contribution in [0.1, 0.15) is 13.3 Å². The Labute approximate surface area is 145 Å². The monoisotopic (exact) mass is 380 g/mol. The van der Waals surface area contributed by atoms with Crippen LogP contribution in [0, 0.1) is 5.92 Å². The van der Waals surface area contributed by atoms with Gasteiger partial charge in [-0.15, -0.1) is 23.7 Å². The SMILES string of the molecule is CC1CNCCC1NS(=O)(=O)c1cc2cc(Cl)ccc2s1.Cl. The van der Waals surface area contributed by atoms with Gasteiger partial charge in [0.25, 0.3) is 0 Å². The summed E-state index contributed by atoms with van der Waals surface area (Å²) in [5.74, 6) is 0.289. The Balaban J connectivity index is 0.00000176. The minimum absolute atomic E-state index is 0. The zero-order valence-corrected chi connectivity index (χ0v) is 15.2. The van der Waals surface area contributed by atoms with E-state index >= 15 is 0 Å². The number of fused-ring (bicyclic) bond motifs is 1. The molecule has 1 aliphatic heterocycles. The molecule has 1 saturated heterocycles. The van der Waals surface area contributed by atoms with E-state index in [1.165, 1.54) is 11.3 Å². The van der Waals surface area contributed by atoms with Crippen molar-refractivity contribution >= 4 is 55.5 Å². The van der Waals surface area contributed by atoms with Crippen molar-refractivity contribution in [3.8, 4) is 0 Å². The van der Waals surface area contributed by atoms with Gasteiger partial charge in [0.05, 0.1) is 0 Å². The van der Waals surface area contributed by atoms with Crippen molar-refractivity contribution < 1.29 is 8.42 Å². The predicted octanol–water partition coefficient (Wildman–Crippen LogP) is 3.25. The first-order valence-electron chi connectivity index (χ1n) is 6.88. The third-order valence-corrected chi connectivity index (χ3v) is 7.13. The number of thiophene rings is 1. The lowest BCUT2D eigenvalue weighted by molar-refractivity contribution is 0.328. The molecule has 0 aliphatic carbocycles. The van der Waals surface area contributed by atoms with Crippen molar-refractivity contribution in [2.24, 2.45) is 5.92 Å². The van der Waals surface area contributed by atoms with Gasteiger partial charge in [0.2, 0.25) is 10.0 Å². The first kappa shape index (κ1) is 18.0. The van der Waals surface area contributed by atoms with Crippen LogP contribution in [-0.4, -0.2) is 27.5 Å². The second kappa shape index (κ2) is 7.03. The largest absolute Gasteiger partial charge is 0.316 e. The van der Waals surface area contributed by atoms with Gasteiger partial charge in [-0.25, -0.2) is 13.1 Å². The third kappa shape index (κ3) is 3.75. The molecular weight excluding hydrogens is 363 g/mol. The molecular formula is C14H18Cl2N2O2S2. The number of piperidine rings is 1. The molecule has 3 rings (SSSR count). The van der Waals surface area contributed by atoms with Gasteiger partial charge in [-0.3, -0.25) is 0 Å². The van der Waals surface area contributed by atoms with Gasteiger partial charge in [0, 0.05) is 15.8 Å². The summed E-state index contributed by atoms with van der Waals surface area (Å²) < 4.78 is 29.2. The van der Waals surface area contributed by atoms with Crippen molar-refractivity contribution in [2.75, 3.05) is 13.1 Å². The van der Waals surface area contributed by atoms with Crippen LogP contribution in [0.2, 0.25) is 5.02 Å². The molecule has 1 aromatic heterocycles. The van der Waals surface area contributed by atoms with Crippen molar-refractivity contribution in [3.05, 3.63) is 29.3 Å². The van der Waals surface area contributed by atoms with Gasteiger partial charge < -0.3 is 5.32 Å². The van der Waals surface area contributed by atoms with Crippen LogP contribution < -0.4 is 10.0 Å². The van der Waals surface area contributed by atoms with Crippen molar-refractivity contribution in [2.45, 2.75) is 23.6 Å². The average Bonchev–Trinajstić information content (AvgIpc) is 2.85. The Kier molecular flexibility index (Phi) is 5.74. The first-order valence-corrected chi connectivity index (χ1v) is 9.55. The number of hydrogen-bond acceptors (Lipinski definition) is 4. The summed E-state index contributed by atoms with van der Waals surface area (Å²) in [4.78, 5) is 0. The van der Waals surface area contributed by atoms with E-state index < -0.39 is 10.0 Å². The number of sulfonamides is 1. The van der Waals surface area contributed by atoms with E-state index in [-0.39, 0.29) is 24.4 Å². The van der Waals surface area contributed by atoms with Crippen molar-refractivity contribution in [1.82, 2.24) is 10.0 Å². The number of nitrogens with one attached hydrogen (secondary N) is 2. The molecule has 1 aromatic carbocycles. The van der Waals surface area contributed by atoms with Crippen LogP contribution in [0.25, 0.3) is 10.1 Å². The molecule has 0 spiro atoms. The topological polar surface area (TPSA) is 58.2 Å². The Morgan fingerprint density at radius 2 is 2.14 bits per heavy atom. The van der Waals surface area contributed by atoms with E-state index in [1.54, 1.807) is 18.2 Å². The van der Waals surface area contributed by atoms with Gasteiger partial charge in [-0.05, 0) is 55.1 Å². The Morgan fingerprint density at radius 3 is 2.86 bits per heavy atom. The van der Waals surface area contributed by atoms with Crippen LogP contribution in [0.15, 0.2) is 28.5 Å². The summed E-state index contributed by atoms with van der Waals surface area (Å²) in [6.45, 7) is 3.75. The molecule has 122 valence electrons. The highest BCUT2D eigenvalue weighted by molar-refractivity contribution is 7.91. The van der Waals surface area contributed by atoms with E-state index in [1.807, 2.05) is 6.07 Å². The first-order chi connectivity index (χ1) is 9.95. The van der Waals surface area contributed by atoms with Gasteiger partial charge in [-0.1, -0.05) is 18.5 Å². The fraction of sp³-hybridized carbons (Fsp3) is 0.429. The van der Waals surface area contributed by atoms with Crippen LogP contribution in [-0.2, 0) is 10.0 Å². The van der Waals surface area contributed by atoms with Gasteiger partial charge >= 0.3 is 0 Å². The number of hydrogen-bond donors (Lipinski definition) is 2. The maximum absolute atomic E-state index is 12.5. The van der Waals surface area contributed by atoms with Crippen LogP contribution in [0.4, 0.5) is 0 Å². The molecule has 0 radical (unpaired) electrons. The number of halogens is 2. The standard InChI is InChI=1S/C14H17ClN2O2S2.ClH/c1-9-8-16-5-4-12(9)17-21(18,19)14-7-10-6-11(15)2-3-13(10)20-14;/h2-3,6-7,9,12,16-17H,4-5,8H2,1H3;1H. The molecule has 2 N–H and O–H groups in total. The van der Waals surface area contributed by atoms with E-state index in [4.69, 9.17) is 11.6 Å². The normalized spacial score (nSPS) is 22.5. The highest BCUT2D eigenvalue weighted by atomic mass is 35.5. The number of rotatable bonds is 3. The summed E-state index contributed by atoms with van der Waals surface area (Å²) in [5.41, 5.74) is 0. The van der Waals surface area contributed by atoms with Crippen LogP contribution in [0.5, 0.6) is 0 Å². The maximum atomic E-state index is 12.5. The van der Waals surface area contributed by atoms with E-state index in [2.05, 4.69) is 17.0 Å². The minimum Gasteiger partial charge on any atom is -0.316 e. The molecule has 1 fully saturated rings. The molecule has 1 aliphatic rings. The summed E-state index contributed by atoms with van der Waals surface area (Å²) in [5, 5.41) is 4.75. The minimum atomic E-state index is -3.47. The van der Waals surface area contributed by atoms with Gasteiger partial charge in [0.1, 0.15) is 4.21 Å². The Bertz CT molecular complexity index is 761. The second-order valence-electron chi connectivity index (χ2n) is 5.45. The highest BCUT2D eigenvalue weighted by Crippen LogP contribution is 2.31. The molecule has 0 amide bonds. The Hall–Kier alpha value is -0.370. The lowest BCUT2D eigenvalue weighted by Crippen LogP contribution is -2.48. The molecule has 2 aromatic rings. The van der Waals surface area contributed by atoms with E-state index in [9.17, 15) is 8.42 Å². The molecule has 22 heavy (non-hydrogen) atoms. The van der Waals surface area contributed by atoms with Crippen molar-refractivity contribution in [3.63, 3.8) is 0 Å². The lowest BCUT2D eigenvalue weighted by atomic mass is 9.97. The summed E-state index contributed by atoms with van der Waals surface area (Å²) in [7, 11) is -3.47. The summed E-state index contributed by atoms with van der Waals surface area (Å²) in [6.07, 6.45) is 0.817. The zero-order chi connectivity index (χ0) is 15.0. The van der Waals surface area contributed by atoms with Crippen molar-refractivity contribution in [1.29, 1.82) is 0 Å². The zero-order valence-electron chi connectivity index (χ0n) is 12.0. The molecule has 2 atom stereocenters. The van der Waals surface area contributed by atoms with Gasteiger partial charge in [-0.2, -0.15) is 0 Å². The summed E-state index contributed by atoms with van der Waals surface area (Å²) in [6, 6.07) is 7.11. The average molecular weight is 381 g/mol. The molecule has 2 heterocycles. The van der Waals surface area contributed by atoms with Crippen LogP contribution >= 0.6 is 35.3 Å². The summed E-state index contributed by atoms with van der Waals surface area (Å²) >= 11 is 7.23. The van der Waals surface area contributed by atoms with Crippen LogP contribution in [0.3, 0.4) is 0 Å². The quantitative estimate of drug-likeness (QED) is 0.858. The fourth-order valence-corrected chi connectivity index (χ4v) is 5.52. The Morgan fingerprint density at radius 1 is 1.36 bits per heavy atom. The predicted molar refractivity (Wildman–Crippen MR) is 94.8 cm³/mol. The molecule has 0 bridgehead atoms. The van der Waals surface area contributed by atoms with Gasteiger partial charge in [0.15, 0.2) is 0 Å². The highest BCUT2D eigenvalue weighted by Gasteiger charge is 2.27. The fourth-order valence-electron chi connectivity index (χ4n) is 2.57. The smallest absolute Gasteiger partial charge is 0.250 e. The maximum Gasteiger partial charge on any atom is 0.250 e. The molecule has 8 heteroatoms.